The lowest BCUT2D eigenvalue weighted by Gasteiger charge is -2.10. The zero-order chi connectivity index (χ0) is 17.0. The number of aromatic nitrogens is 3. The lowest BCUT2D eigenvalue weighted by atomic mass is 10.2. The Bertz CT molecular complexity index is 757. The molecule has 0 saturated carbocycles. The van der Waals surface area contributed by atoms with Crippen LogP contribution in [-0.2, 0) is 11.3 Å². The van der Waals surface area contributed by atoms with Crippen molar-refractivity contribution in [3.05, 3.63) is 47.0 Å². The predicted molar refractivity (Wildman–Crippen MR) is 88.3 cm³/mol. The first-order chi connectivity index (χ1) is 10.9. The Morgan fingerprint density at radius 3 is 2.87 bits per heavy atom. The van der Waals surface area contributed by atoms with Crippen molar-refractivity contribution >= 4 is 23.2 Å². The Labute approximate surface area is 137 Å². The van der Waals surface area contributed by atoms with Gasteiger partial charge >= 0.3 is 0 Å². The fourth-order valence-corrected chi connectivity index (χ4v) is 2.74. The number of nitro groups is 1. The van der Waals surface area contributed by atoms with Crippen LogP contribution in [0, 0.1) is 10.1 Å². The molecule has 1 aromatic carbocycles. The van der Waals surface area contributed by atoms with Crippen LogP contribution >= 0.6 is 11.8 Å². The van der Waals surface area contributed by atoms with E-state index in [-0.39, 0.29) is 16.7 Å². The molecular weight excluding hydrogens is 316 g/mol. The molecule has 0 bridgehead atoms. The minimum atomic E-state index is -0.453. The molecule has 0 amide bonds. The molecule has 0 spiro atoms. The van der Waals surface area contributed by atoms with Gasteiger partial charge in [0.1, 0.15) is 5.78 Å². The highest BCUT2D eigenvalue weighted by Gasteiger charge is 2.19. The molecule has 0 fully saturated rings. The van der Waals surface area contributed by atoms with E-state index < -0.39 is 4.92 Å². The molecule has 1 atom stereocenters. The maximum absolute atomic E-state index is 11.4. The van der Waals surface area contributed by atoms with Crippen LogP contribution in [0.3, 0.4) is 0 Å². The van der Waals surface area contributed by atoms with Gasteiger partial charge in [0.15, 0.2) is 11.0 Å². The predicted octanol–water partition coefficient (Wildman–Crippen LogP) is 3.11. The number of nitrogens with zero attached hydrogens (tertiary/aromatic N) is 4. The van der Waals surface area contributed by atoms with Gasteiger partial charge in [0.05, 0.1) is 10.2 Å². The van der Waals surface area contributed by atoms with Crippen LogP contribution in [0.25, 0.3) is 11.4 Å². The summed E-state index contributed by atoms with van der Waals surface area (Å²) in [5.74, 6) is 0.548. The van der Waals surface area contributed by atoms with Crippen LogP contribution in [0.4, 0.5) is 5.69 Å². The van der Waals surface area contributed by atoms with Gasteiger partial charge in [0, 0.05) is 24.2 Å². The van der Waals surface area contributed by atoms with Crippen molar-refractivity contribution in [2.45, 2.75) is 30.8 Å². The van der Waals surface area contributed by atoms with Gasteiger partial charge in [0.2, 0.25) is 0 Å². The minimum Gasteiger partial charge on any atom is -0.299 e. The number of carbonyl (C=O) groups excluding carboxylic acids is 1. The summed E-state index contributed by atoms with van der Waals surface area (Å²) >= 11 is 1.30. The maximum atomic E-state index is 11.4. The molecule has 120 valence electrons. The van der Waals surface area contributed by atoms with Gasteiger partial charge in [0.25, 0.3) is 5.69 Å². The van der Waals surface area contributed by atoms with Crippen LogP contribution < -0.4 is 0 Å². The van der Waals surface area contributed by atoms with Crippen molar-refractivity contribution < 1.29 is 9.72 Å². The van der Waals surface area contributed by atoms with Gasteiger partial charge in [-0.3, -0.25) is 19.5 Å². The number of nitro benzene ring substituents is 1. The molecule has 2 aromatic rings. The molecule has 0 aliphatic heterocycles. The molecule has 23 heavy (non-hydrogen) atoms. The largest absolute Gasteiger partial charge is 0.299 e. The van der Waals surface area contributed by atoms with Crippen LogP contribution in [-0.4, -0.2) is 30.7 Å². The van der Waals surface area contributed by atoms with Crippen molar-refractivity contribution in [1.29, 1.82) is 0 Å². The Morgan fingerprint density at radius 1 is 1.52 bits per heavy atom. The first-order valence-electron chi connectivity index (χ1n) is 6.90. The lowest BCUT2D eigenvalue weighted by Crippen LogP contribution is -2.10. The number of non-ortho nitro benzene ring substituents is 1. The number of carbonyl (C=O) groups is 1. The highest BCUT2D eigenvalue weighted by atomic mass is 32.2. The minimum absolute atomic E-state index is 0.0121. The van der Waals surface area contributed by atoms with E-state index in [2.05, 4.69) is 16.8 Å². The summed E-state index contributed by atoms with van der Waals surface area (Å²) in [6.07, 6.45) is 1.69. The molecular formula is C15H16N4O3S. The Hall–Kier alpha value is -2.48. The van der Waals surface area contributed by atoms with Gasteiger partial charge < -0.3 is 0 Å². The molecule has 0 N–H and O–H groups in total. The van der Waals surface area contributed by atoms with Gasteiger partial charge in [-0.15, -0.1) is 16.8 Å². The van der Waals surface area contributed by atoms with Crippen molar-refractivity contribution in [3.63, 3.8) is 0 Å². The van der Waals surface area contributed by atoms with Gasteiger partial charge in [-0.25, -0.2) is 0 Å². The highest BCUT2D eigenvalue weighted by molar-refractivity contribution is 8.00. The Balaban J connectivity index is 2.44. The summed E-state index contributed by atoms with van der Waals surface area (Å²) in [5.41, 5.74) is 0.581. The third-order valence-corrected chi connectivity index (χ3v) is 4.40. The first-order valence-corrected chi connectivity index (χ1v) is 7.78. The quantitative estimate of drug-likeness (QED) is 0.335. The first kappa shape index (κ1) is 16.9. The molecule has 1 unspecified atom stereocenters. The monoisotopic (exact) mass is 332 g/mol. The number of allylic oxidation sites excluding steroid dienone is 1. The molecule has 0 radical (unpaired) electrons. The highest BCUT2D eigenvalue weighted by Crippen LogP contribution is 2.28. The number of ketones is 1. The van der Waals surface area contributed by atoms with E-state index in [1.54, 1.807) is 29.7 Å². The SMILES string of the molecule is C=CCn1c(SC(C)C(C)=O)nnc1-c1cccc([N+](=O)[O-])c1. The molecule has 1 aromatic heterocycles. The summed E-state index contributed by atoms with van der Waals surface area (Å²) < 4.78 is 1.79. The number of rotatable bonds is 7. The summed E-state index contributed by atoms with van der Waals surface area (Å²) in [5, 5.41) is 19.5. The summed E-state index contributed by atoms with van der Waals surface area (Å²) in [4.78, 5) is 21.9. The standard InChI is InChI=1S/C15H16N4O3S/c1-4-8-18-14(12-6-5-7-13(9-12)19(21)22)16-17-15(18)23-11(3)10(2)20/h4-7,9,11H,1,8H2,2-3H3. The Morgan fingerprint density at radius 2 is 2.26 bits per heavy atom. The summed E-state index contributed by atoms with van der Waals surface area (Å²) in [6, 6.07) is 6.21. The second kappa shape index (κ2) is 7.19. The number of Topliss-reactive ketones (excluding diaryl/α,β-unsaturated/α-hetero) is 1. The summed E-state index contributed by atoms with van der Waals surface area (Å²) in [6.45, 7) is 7.47. The van der Waals surface area contributed by atoms with Gasteiger partial charge in [-0.1, -0.05) is 30.0 Å². The van der Waals surface area contributed by atoms with Crippen molar-refractivity contribution in [2.75, 3.05) is 0 Å². The van der Waals surface area contributed by atoms with E-state index in [4.69, 9.17) is 0 Å². The maximum Gasteiger partial charge on any atom is 0.270 e. The fourth-order valence-electron chi connectivity index (χ4n) is 1.88. The summed E-state index contributed by atoms with van der Waals surface area (Å²) in [7, 11) is 0. The van der Waals surface area contributed by atoms with Gasteiger partial charge in [-0.2, -0.15) is 0 Å². The van der Waals surface area contributed by atoms with E-state index in [1.165, 1.54) is 30.8 Å². The third-order valence-electron chi connectivity index (χ3n) is 3.20. The van der Waals surface area contributed by atoms with Crippen molar-refractivity contribution in [1.82, 2.24) is 14.8 Å². The zero-order valence-electron chi connectivity index (χ0n) is 12.8. The van der Waals surface area contributed by atoms with E-state index in [0.717, 1.165) is 0 Å². The molecule has 8 heteroatoms. The number of thioether (sulfide) groups is 1. The van der Waals surface area contributed by atoms with E-state index in [1.807, 2.05) is 0 Å². The molecule has 0 aliphatic rings. The zero-order valence-corrected chi connectivity index (χ0v) is 13.6. The van der Waals surface area contributed by atoms with E-state index in [9.17, 15) is 14.9 Å². The van der Waals surface area contributed by atoms with Crippen molar-refractivity contribution in [3.8, 4) is 11.4 Å². The third kappa shape index (κ3) is 3.84. The topological polar surface area (TPSA) is 90.9 Å². The average Bonchev–Trinajstić information content (AvgIpc) is 2.90. The average molecular weight is 332 g/mol. The molecule has 7 nitrogen and oxygen atoms in total. The molecule has 0 saturated heterocycles. The van der Waals surface area contributed by atoms with Gasteiger partial charge in [-0.05, 0) is 13.8 Å². The number of hydrogen-bond acceptors (Lipinski definition) is 6. The second-order valence-electron chi connectivity index (χ2n) is 4.88. The number of benzene rings is 1. The van der Waals surface area contributed by atoms with Crippen LogP contribution in [0.5, 0.6) is 0 Å². The van der Waals surface area contributed by atoms with Crippen molar-refractivity contribution in [2.24, 2.45) is 0 Å². The van der Waals surface area contributed by atoms with Crippen LogP contribution in [0.2, 0.25) is 0 Å². The second-order valence-corrected chi connectivity index (χ2v) is 6.19. The molecule has 2 rings (SSSR count). The lowest BCUT2D eigenvalue weighted by molar-refractivity contribution is -0.384. The normalized spacial score (nSPS) is 11.9. The van der Waals surface area contributed by atoms with Crippen LogP contribution in [0.15, 0.2) is 42.1 Å². The number of hydrogen-bond donors (Lipinski definition) is 0. The molecule has 1 heterocycles. The van der Waals surface area contributed by atoms with Crippen LogP contribution in [0.1, 0.15) is 13.8 Å². The van der Waals surface area contributed by atoms with E-state index >= 15 is 0 Å². The fraction of sp³-hybridized carbons (Fsp3) is 0.267. The smallest absolute Gasteiger partial charge is 0.270 e. The van der Waals surface area contributed by atoms with E-state index in [0.29, 0.717) is 23.1 Å². The molecule has 0 aliphatic carbocycles. The Kier molecular flexibility index (Phi) is 5.28.